The third-order valence-electron chi connectivity index (χ3n) is 6.78. The molecule has 0 saturated carbocycles. The topological polar surface area (TPSA) is 53.1 Å². The molecule has 0 radical (unpaired) electrons. The van der Waals surface area contributed by atoms with Gasteiger partial charge in [0.15, 0.2) is 0 Å². The monoisotopic (exact) mass is 503 g/mol. The number of piperidine rings is 1. The maximum Gasteiger partial charge on any atom is 0.253 e. The van der Waals surface area contributed by atoms with E-state index >= 15 is 0 Å². The molecule has 0 aromatic heterocycles. The number of halogens is 2. The Balaban J connectivity index is 1.51. The van der Waals surface area contributed by atoms with E-state index in [4.69, 9.17) is 27.9 Å². The van der Waals surface area contributed by atoms with Gasteiger partial charge in [0, 0.05) is 66.7 Å². The number of piperazine rings is 1. The van der Waals surface area contributed by atoms with E-state index in [0.29, 0.717) is 47.5 Å². The number of likely N-dealkylation sites (tertiary alicyclic amines) is 1. The van der Waals surface area contributed by atoms with E-state index < -0.39 is 5.41 Å². The molecule has 2 aliphatic heterocycles. The molecule has 2 aromatic rings. The maximum atomic E-state index is 13.3. The SMILES string of the molecule is CN1CCN(C(=O)C[C@]2(COc3ccc(Cl)cc3)CCCN(C(=O)c3ccc(Cl)cc3)C2)CC1. The zero-order valence-electron chi connectivity index (χ0n) is 19.5. The van der Waals surface area contributed by atoms with Crippen molar-refractivity contribution in [2.24, 2.45) is 5.41 Å². The number of amides is 2. The second kappa shape index (κ2) is 11.0. The predicted octanol–water partition coefficient (Wildman–Crippen LogP) is 4.46. The third kappa shape index (κ3) is 6.23. The van der Waals surface area contributed by atoms with Crippen molar-refractivity contribution in [3.8, 4) is 5.75 Å². The summed E-state index contributed by atoms with van der Waals surface area (Å²) in [5.41, 5.74) is 0.143. The molecule has 2 saturated heterocycles. The molecule has 0 unspecified atom stereocenters. The zero-order chi connectivity index (χ0) is 24.1. The van der Waals surface area contributed by atoms with Crippen molar-refractivity contribution in [1.82, 2.24) is 14.7 Å². The molecular formula is C26H31Cl2N3O3. The normalized spacial score (nSPS) is 21.4. The summed E-state index contributed by atoms with van der Waals surface area (Å²) in [6, 6.07) is 14.2. The van der Waals surface area contributed by atoms with Gasteiger partial charge in [0.25, 0.3) is 5.91 Å². The molecule has 1 atom stereocenters. The number of likely N-dealkylation sites (N-methyl/N-ethyl adjacent to an activating group) is 1. The summed E-state index contributed by atoms with van der Waals surface area (Å²) in [5, 5.41) is 1.24. The van der Waals surface area contributed by atoms with Gasteiger partial charge < -0.3 is 19.4 Å². The first kappa shape index (κ1) is 24.8. The highest BCUT2D eigenvalue weighted by atomic mass is 35.5. The van der Waals surface area contributed by atoms with Gasteiger partial charge >= 0.3 is 0 Å². The Morgan fingerprint density at radius 2 is 1.50 bits per heavy atom. The van der Waals surface area contributed by atoms with Gasteiger partial charge in [-0.15, -0.1) is 0 Å². The Bertz CT molecular complexity index is 991. The highest BCUT2D eigenvalue weighted by molar-refractivity contribution is 6.30. The minimum absolute atomic E-state index is 0.0423. The minimum atomic E-state index is -0.458. The maximum absolute atomic E-state index is 13.3. The van der Waals surface area contributed by atoms with Gasteiger partial charge in [-0.25, -0.2) is 0 Å². The van der Waals surface area contributed by atoms with Crippen LogP contribution < -0.4 is 4.74 Å². The molecule has 2 amide bonds. The van der Waals surface area contributed by atoms with Crippen molar-refractivity contribution in [3.05, 3.63) is 64.1 Å². The Kier molecular flexibility index (Phi) is 8.02. The molecule has 8 heteroatoms. The summed E-state index contributed by atoms with van der Waals surface area (Å²) in [5.74, 6) is 0.796. The second-order valence-electron chi connectivity index (χ2n) is 9.44. The average Bonchev–Trinajstić information content (AvgIpc) is 2.84. The Morgan fingerprint density at radius 3 is 2.15 bits per heavy atom. The van der Waals surface area contributed by atoms with Gasteiger partial charge in [-0.05, 0) is 68.4 Å². The van der Waals surface area contributed by atoms with Crippen molar-refractivity contribution >= 4 is 35.0 Å². The minimum Gasteiger partial charge on any atom is -0.493 e. The van der Waals surface area contributed by atoms with Crippen LogP contribution in [-0.4, -0.2) is 79.4 Å². The fraction of sp³-hybridized carbons (Fsp3) is 0.462. The molecule has 2 aromatic carbocycles. The van der Waals surface area contributed by atoms with Crippen molar-refractivity contribution in [1.29, 1.82) is 0 Å². The molecule has 0 spiro atoms. The molecule has 2 aliphatic rings. The van der Waals surface area contributed by atoms with E-state index in [9.17, 15) is 9.59 Å². The standard InChI is InChI=1S/C26H31Cl2N3O3/c1-29-13-15-30(16-14-29)24(32)17-26(19-34-23-9-7-22(28)8-10-23)11-2-12-31(18-26)25(33)20-3-5-21(27)6-4-20/h3-10H,2,11-19H2,1H3/t26-/m1/s1. The number of carbonyl (C=O) groups is 2. The van der Waals surface area contributed by atoms with Crippen LogP contribution in [-0.2, 0) is 4.79 Å². The summed E-state index contributed by atoms with van der Waals surface area (Å²) in [6.45, 7) is 4.71. The summed E-state index contributed by atoms with van der Waals surface area (Å²) in [7, 11) is 2.07. The lowest BCUT2D eigenvalue weighted by Gasteiger charge is -2.43. The highest BCUT2D eigenvalue weighted by Crippen LogP contribution is 2.36. The van der Waals surface area contributed by atoms with Gasteiger partial charge in [-0.1, -0.05) is 23.2 Å². The van der Waals surface area contributed by atoms with Crippen LogP contribution in [0.2, 0.25) is 10.0 Å². The summed E-state index contributed by atoms with van der Waals surface area (Å²) < 4.78 is 6.17. The van der Waals surface area contributed by atoms with Crippen LogP contribution in [0.4, 0.5) is 0 Å². The lowest BCUT2D eigenvalue weighted by molar-refractivity contribution is -0.137. The third-order valence-corrected chi connectivity index (χ3v) is 7.28. The average molecular weight is 504 g/mol. The smallest absolute Gasteiger partial charge is 0.253 e. The highest BCUT2D eigenvalue weighted by Gasteiger charge is 2.41. The van der Waals surface area contributed by atoms with Crippen LogP contribution >= 0.6 is 23.2 Å². The lowest BCUT2D eigenvalue weighted by atomic mass is 9.77. The molecule has 182 valence electrons. The molecular weight excluding hydrogens is 473 g/mol. The van der Waals surface area contributed by atoms with Crippen LogP contribution in [0.15, 0.2) is 48.5 Å². The number of carbonyl (C=O) groups excluding carboxylic acids is 2. The second-order valence-corrected chi connectivity index (χ2v) is 10.3. The van der Waals surface area contributed by atoms with Gasteiger partial charge in [-0.2, -0.15) is 0 Å². The number of benzene rings is 2. The number of hydrogen-bond acceptors (Lipinski definition) is 4. The van der Waals surface area contributed by atoms with Crippen molar-refractivity contribution < 1.29 is 14.3 Å². The Labute approximate surface area is 211 Å². The molecule has 2 fully saturated rings. The molecule has 4 rings (SSSR count). The number of ether oxygens (including phenoxy) is 1. The number of hydrogen-bond donors (Lipinski definition) is 0. The molecule has 0 aliphatic carbocycles. The van der Waals surface area contributed by atoms with Crippen LogP contribution in [0.5, 0.6) is 5.75 Å². The molecule has 6 nitrogen and oxygen atoms in total. The number of nitrogens with zero attached hydrogens (tertiary/aromatic N) is 3. The Morgan fingerprint density at radius 1 is 0.882 bits per heavy atom. The largest absolute Gasteiger partial charge is 0.493 e. The first-order valence-electron chi connectivity index (χ1n) is 11.7. The van der Waals surface area contributed by atoms with Crippen LogP contribution in [0, 0.1) is 5.41 Å². The van der Waals surface area contributed by atoms with Gasteiger partial charge in [0.1, 0.15) is 5.75 Å². The van der Waals surface area contributed by atoms with Crippen LogP contribution in [0.25, 0.3) is 0 Å². The van der Waals surface area contributed by atoms with Gasteiger partial charge in [0.2, 0.25) is 5.91 Å². The van der Waals surface area contributed by atoms with Gasteiger partial charge in [-0.3, -0.25) is 9.59 Å². The van der Waals surface area contributed by atoms with E-state index in [1.807, 2.05) is 21.9 Å². The molecule has 2 heterocycles. The fourth-order valence-corrected chi connectivity index (χ4v) is 4.98. The molecule has 0 bridgehead atoms. The predicted molar refractivity (Wildman–Crippen MR) is 135 cm³/mol. The lowest BCUT2D eigenvalue weighted by Crippen LogP contribution is -2.53. The summed E-state index contributed by atoms with van der Waals surface area (Å²) >= 11 is 12.0. The fourth-order valence-electron chi connectivity index (χ4n) is 4.73. The van der Waals surface area contributed by atoms with Crippen molar-refractivity contribution in [2.75, 3.05) is 52.9 Å². The van der Waals surface area contributed by atoms with E-state index in [1.165, 1.54) is 0 Å². The number of rotatable bonds is 6. The quantitative estimate of drug-likeness (QED) is 0.583. The van der Waals surface area contributed by atoms with E-state index in [-0.39, 0.29) is 11.8 Å². The first-order valence-corrected chi connectivity index (χ1v) is 12.5. The zero-order valence-corrected chi connectivity index (χ0v) is 21.0. The summed E-state index contributed by atoms with van der Waals surface area (Å²) in [4.78, 5) is 32.6. The van der Waals surface area contributed by atoms with E-state index in [1.54, 1.807) is 36.4 Å². The summed E-state index contributed by atoms with van der Waals surface area (Å²) in [6.07, 6.45) is 2.00. The first-order chi connectivity index (χ1) is 16.3. The van der Waals surface area contributed by atoms with Crippen molar-refractivity contribution in [2.45, 2.75) is 19.3 Å². The van der Waals surface area contributed by atoms with Gasteiger partial charge in [0.05, 0.1) is 6.61 Å². The molecule has 0 N–H and O–H groups in total. The van der Waals surface area contributed by atoms with Crippen molar-refractivity contribution in [3.63, 3.8) is 0 Å². The van der Waals surface area contributed by atoms with E-state index in [2.05, 4.69) is 11.9 Å². The Hall–Kier alpha value is -2.28. The van der Waals surface area contributed by atoms with Crippen LogP contribution in [0.3, 0.4) is 0 Å². The van der Waals surface area contributed by atoms with Crippen LogP contribution in [0.1, 0.15) is 29.6 Å². The molecule has 34 heavy (non-hydrogen) atoms. The van der Waals surface area contributed by atoms with E-state index in [0.717, 1.165) is 39.0 Å².